The lowest BCUT2D eigenvalue weighted by molar-refractivity contribution is -0.137. The number of carbonyl (C=O) groups is 3. The number of hydrogen-bond donors (Lipinski definition) is 2. The second kappa shape index (κ2) is 18.0. The number of aromatic hydroxyl groups is 1. The van der Waals surface area contributed by atoms with Crippen molar-refractivity contribution in [1.82, 2.24) is 0 Å². The van der Waals surface area contributed by atoms with Crippen molar-refractivity contribution in [1.29, 1.82) is 0 Å². The number of nitrogens with zero attached hydrogens (tertiary/aromatic N) is 1. The first kappa shape index (κ1) is 33.7. The lowest BCUT2D eigenvalue weighted by Crippen LogP contribution is -2.31. The van der Waals surface area contributed by atoms with Crippen molar-refractivity contribution >= 4 is 47.0 Å². The summed E-state index contributed by atoms with van der Waals surface area (Å²) in [5, 5.41) is 17.4. The predicted molar refractivity (Wildman–Crippen MR) is 166 cm³/mol. The van der Waals surface area contributed by atoms with Gasteiger partial charge in [0.1, 0.15) is 5.75 Å². The van der Waals surface area contributed by atoms with Crippen molar-refractivity contribution in [3.05, 3.63) is 94.7 Å². The molecule has 218 valence electrons. The summed E-state index contributed by atoms with van der Waals surface area (Å²) < 4.78 is 4.85. The minimum Gasteiger partial charge on any atom is -0.508 e. The van der Waals surface area contributed by atoms with Gasteiger partial charge in [0, 0.05) is 29.9 Å². The van der Waals surface area contributed by atoms with E-state index in [-0.39, 0.29) is 17.6 Å². The zero-order valence-electron chi connectivity index (χ0n) is 23.8. The number of ether oxygens (including phenoxy) is 1. The molecule has 41 heavy (non-hydrogen) atoms. The number of phenols is 1. The number of imide groups is 1. The van der Waals surface area contributed by atoms with Crippen LogP contribution in [-0.2, 0) is 19.1 Å². The fourth-order valence-corrected chi connectivity index (χ4v) is 5.31. The van der Waals surface area contributed by atoms with Crippen LogP contribution in [0.4, 0.5) is 5.69 Å². The van der Waals surface area contributed by atoms with Gasteiger partial charge in [0.15, 0.2) is 0 Å². The van der Waals surface area contributed by atoms with Gasteiger partial charge in [-0.15, -0.1) is 0 Å². The Morgan fingerprint density at radius 2 is 1.29 bits per heavy atom. The topological polar surface area (TPSA) is 104 Å². The van der Waals surface area contributed by atoms with Crippen molar-refractivity contribution in [3.8, 4) is 5.75 Å². The maximum absolute atomic E-state index is 13.2. The average molecular weight is 596 g/mol. The molecule has 4 rings (SSSR count). The van der Waals surface area contributed by atoms with E-state index in [1.165, 1.54) is 42.1 Å². The molecule has 0 aromatic heterocycles. The number of anilines is 1. The van der Waals surface area contributed by atoms with Crippen LogP contribution in [0.3, 0.4) is 0 Å². The van der Waals surface area contributed by atoms with Crippen molar-refractivity contribution in [2.45, 2.75) is 49.8 Å². The van der Waals surface area contributed by atoms with Gasteiger partial charge in [0.05, 0.1) is 15.5 Å². The molecule has 0 fully saturated rings. The molecule has 0 radical (unpaired) electrons. The molecule has 2 amide bonds. The molecule has 0 aliphatic carbocycles. The highest BCUT2D eigenvalue weighted by molar-refractivity contribution is 8.08. The Labute approximate surface area is 250 Å². The van der Waals surface area contributed by atoms with Crippen molar-refractivity contribution in [2.24, 2.45) is 5.92 Å². The van der Waals surface area contributed by atoms with Gasteiger partial charge < -0.3 is 14.9 Å². The first-order valence-corrected chi connectivity index (χ1v) is 14.9. The standard InChI is InChI=1S/C22H15NO3S2.C6H14O.C4H8O2/c24-16-13-11-15(12-14-16)23-21(25)19(27-17-7-3-1-4-8-17)20(22(23)26)28-18-9-5-2-6-10-18;1-6(2)4-5-7-3;1-2-3-4(5)6/h1-14,24H;6H,4-5H2,1-3H3;2-3H2,1H3,(H,5,6). The SMILES string of the molecule is CCCC(=O)O.COCCC(C)C.O=C1C(Sc2ccccc2)=C(Sc2ccccc2)C(=O)N1c1ccc(O)cc1. The first-order chi connectivity index (χ1) is 19.7. The maximum atomic E-state index is 13.2. The Kier molecular flexibility index (Phi) is 14.8. The van der Waals surface area contributed by atoms with Gasteiger partial charge in [-0.2, -0.15) is 0 Å². The number of phenolic OH excluding ortho intramolecular Hbond substituents is 1. The van der Waals surface area contributed by atoms with E-state index in [2.05, 4.69) is 13.8 Å². The summed E-state index contributed by atoms with van der Waals surface area (Å²) in [4.78, 5) is 39.7. The van der Waals surface area contributed by atoms with E-state index in [1.54, 1.807) is 19.2 Å². The number of carbonyl (C=O) groups excluding carboxylic acids is 2. The largest absolute Gasteiger partial charge is 0.508 e. The normalized spacial score (nSPS) is 12.6. The lowest BCUT2D eigenvalue weighted by atomic mass is 10.1. The summed E-state index contributed by atoms with van der Waals surface area (Å²) in [5.74, 6) is -0.572. The van der Waals surface area contributed by atoms with Gasteiger partial charge in [-0.05, 0) is 67.3 Å². The summed E-state index contributed by atoms with van der Waals surface area (Å²) >= 11 is 2.58. The summed E-state index contributed by atoms with van der Waals surface area (Å²) in [7, 11) is 1.74. The lowest BCUT2D eigenvalue weighted by Gasteiger charge is -2.15. The number of rotatable bonds is 10. The van der Waals surface area contributed by atoms with E-state index in [0.717, 1.165) is 33.6 Å². The molecule has 0 unspecified atom stereocenters. The molecule has 1 heterocycles. The van der Waals surface area contributed by atoms with E-state index in [0.29, 0.717) is 21.9 Å². The zero-order valence-corrected chi connectivity index (χ0v) is 25.4. The third-order valence-electron chi connectivity index (χ3n) is 5.40. The molecule has 3 aromatic carbocycles. The molecule has 2 N–H and O–H groups in total. The van der Waals surface area contributed by atoms with Crippen molar-refractivity contribution in [3.63, 3.8) is 0 Å². The molecule has 0 spiro atoms. The van der Waals surface area contributed by atoms with Crippen LogP contribution in [0.25, 0.3) is 0 Å². The van der Waals surface area contributed by atoms with Gasteiger partial charge in [-0.1, -0.05) is 80.7 Å². The second-order valence-electron chi connectivity index (χ2n) is 9.27. The molecule has 1 aliphatic rings. The Morgan fingerprint density at radius 3 is 1.61 bits per heavy atom. The van der Waals surface area contributed by atoms with E-state index in [1.807, 2.05) is 67.6 Å². The molecule has 0 saturated carbocycles. The first-order valence-electron chi connectivity index (χ1n) is 13.3. The fourth-order valence-electron chi connectivity index (χ4n) is 3.29. The van der Waals surface area contributed by atoms with E-state index in [4.69, 9.17) is 9.84 Å². The van der Waals surface area contributed by atoms with E-state index in [9.17, 15) is 19.5 Å². The van der Waals surface area contributed by atoms with Gasteiger partial charge in [-0.3, -0.25) is 14.4 Å². The molecular weight excluding hydrogens is 558 g/mol. The Hall–Kier alpha value is -3.53. The predicted octanol–water partition coefficient (Wildman–Crippen LogP) is 7.61. The van der Waals surface area contributed by atoms with Crippen molar-refractivity contribution < 1.29 is 29.3 Å². The summed E-state index contributed by atoms with van der Waals surface area (Å²) in [6.45, 7) is 7.13. The zero-order chi connectivity index (χ0) is 30.2. The summed E-state index contributed by atoms with van der Waals surface area (Å²) in [5.41, 5.74) is 0.433. The van der Waals surface area contributed by atoms with Gasteiger partial charge in [0.25, 0.3) is 11.8 Å². The van der Waals surface area contributed by atoms with Crippen molar-refractivity contribution in [2.75, 3.05) is 18.6 Å². The van der Waals surface area contributed by atoms with Gasteiger partial charge in [-0.25, -0.2) is 4.90 Å². The molecule has 3 aromatic rings. The molecular formula is C32H37NO6S2. The third kappa shape index (κ3) is 11.5. The number of amides is 2. The number of thioether (sulfide) groups is 2. The van der Waals surface area contributed by atoms with Gasteiger partial charge >= 0.3 is 5.97 Å². The van der Waals surface area contributed by atoms with Crippen LogP contribution in [0.2, 0.25) is 0 Å². The summed E-state index contributed by atoms with van der Waals surface area (Å²) in [6.07, 6.45) is 2.20. The van der Waals surface area contributed by atoms with Crippen LogP contribution in [0.15, 0.2) is 105 Å². The number of aliphatic carboxylic acids is 1. The fraction of sp³-hybridized carbons (Fsp3) is 0.281. The van der Waals surface area contributed by atoms with Crippen LogP contribution >= 0.6 is 23.5 Å². The van der Waals surface area contributed by atoms with E-state index < -0.39 is 5.97 Å². The van der Waals surface area contributed by atoms with Crippen LogP contribution < -0.4 is 4.90 Å². The third-order valence-corrected chi connectivity index (χ3v) is 7.71. The minimum absolute atomic E-state index is 0.0774. The van der Waals surface area contributed by atoms with Crippen LogP contribution in [0, 0.1) is 5.92 Å². The molecule has 0 atom stereocenters. The second-order valence-corrected chi connectivity index (χ2v) is 11.4. The highest BCUT2D eigenvalue weighted by atomic mass is 32.2. The Bertz CT molecular complexity index is 1220. The number of carboxylic acids is 1. The quantitative estimate of drug-likeness (QED) is 0.231. The molecule has 9 heteroatoms. The molecule has 0 saturated heterocycles. The molecule has 1 aliphatic heterocycles. The van der Waals surface area contributed by atoms with Crippen LogP contribution in [0.1, 0.15) is 40.0 Å². The van der Waals surface area contributed by atoms with Gasteiger partial charge in [0.2, 0.25) is 0 Å². The smallest absolute Gasteiger partial charge is 0.303 e. The molecule has 0 bridgehead atoms. The van der Waals surface area contributed by atoms with E-state index >= 15 is 0 Å². The average Bonchev–Trinajstić information content (AvgIpc) is 3.18. The number of carboxylic acid groups (broad SMARTS) is 1. The maximum Gasteiger partial charge on any atom is 0.303 e. The number of hydrogen-bond acceptors (Lipinski definition) is 7. The summed E-state index contributed by atoms with van der Waals surface area (Å²) in [6, 6.07) is 25.1. The minimum atomic E-state index is -0.711. The van der Waals surface area contributed by atoms with Crippen LogP contribution in [0.5, 0.6) is 5.75 Å². The van der Waals surface area contributed by atoms with Crippen LogP contribution in [-0.4, -0.2) is 41.7 Å². The highest BCUT2D eigenvalue weighted by Crippen LogP contribution is 2.43. The monoisotopic (exact) mass is 595 g/mol. The molecule has 7 nitrogen and oxygen atoms in total. The highest BCUT2D eigenvalue weighted by Gasteiger charge is 2.40. The Morgan fingerprint density at radius 1 is 0.829 bits per heavy atom. The number of methoxy groups -OCH3 is 1. The number of benzene rings is 3. The Balaban J connectivity index is 0.000000379.